The third kappa shape index (κ3) is 8.74. The van der Waals surface area contributed by atoms with E-state index in [1.165, 1.54) is 0 Å². The maximum absolute atomic E-state index is 10.8. The molecule has 188 valence electrons. The van der Waals surface area contributed by atoms with E-state index >= 15 is 0 Å². The lowest BCUT2D eigenvalue weighted by atomic mass is 9.86. The lowest BCUT2D eigenvalue weighted by molar-refractivity contribution is 0.0951. The Morgan fingerprint density at radius 3 is 1.34 bits per heavy atom. The normalized spacial score (nSPS) is 31.8. The van der Waals surface area contributed by atoms with Crippen molar-refractivity contribution in [3.63, 3.8) is 0 Å². The predicted octanol–water partition coefficient (Wildman–Crippen LogP) is 5.47. The van der Waals surface area contributed by atoms with Crippen molar-refractivity contribution in [3.05, 3.63) is 12.2 Å². The Kier molecular flexibility index (Phi) is 11.2. The van der Waals surface area contributed by atoms with Gasteiger partial charge in [-0.2, -0.15) is 0 Å². The molecule has 0 aliphatic heterocycles. The highest BCUT2D eigenvalue weighted by molar-refractivity contribution is 5.04. The molecule has 0 bridgehead atoms. The van der Waals surface area contributed by atoms with Crippen LogP contribution in [0, 0.1) is 34.5 Å². The average Bonchev–Trinajstić information content (AvgIpc) is 3.29. The molecule has 2 aliphatic carbocycles. The molecule has 0 aromatic rings. The largest absolute Gasteiger partial charge is 0.396 e. The number of aliphatic hydroxyl groups excluding tert-OH is 4. The lowest BCUT2D eigenvalue weighted by Crippen LogP contribution is -2.22. The highest BCUT2D eigenvalue weighted by Gasteiger charge is 2.35. The van der Waals surface area contributed by atoms with Crippen molar-refractivity contribution >= 4 is 0 Å². The maximum atomic E-state index is 10.8. The lowest BCUT2D eigenvalue weighted by Gasteiger charge is -2.23. The van der Waals surface area contributed by atoms with E-state index in [0.717, 1.165) is 77.0 Å². The van der Waals surface area contributed by atoms with Gasteiger partial charge >= 0.3 is 0 Å². The SMILES string of the molecule is CC(C)(CO)CCCCC1CCC(/C=C/C2CCC(CCCCC(C)(C)CO)C2O)C1O. The Balaban J connectivity index is 1.68. The molecule has 32 heavy (non-hydrogen) atoms. The molecule has 6 unspecified atom stereocenters. The molecule has 6 atom stereocenters. The Bertz CT molecular complexity index is 508. The summed E-state index contributed by atoms with van der Waals surface area (Å²) in [5.74, 6) is 1.26. The van der Waals surface area contributed by atoms with Crippen molar-refractivity contribution in [1.29, 1.82) is 0 Å². The highest BCUT2D eigenvalue weighted by atomic mass is 16.3. The predicted molar refractivity (Wildman–Crippen MR) is 132 cm³/mol. The molecule has 0 saturated heterocycles. The van der Waals surface area contributed by atoms with E-state index in [2.05, 4.69) is 39.8 Å². The first-order chi connectivity index (χ1) is 15.1. The molecule has 4 nitrogen and oxygen atoms in total. The van der Waals surface area contributed by atoms with E-state index in [4.69, 9.17) is 0 Å². The number of rotatable bonds is 14. The van der Waals surface area contributed by atoms with E-state index in [9.17, 15) is 20.4 Å². The monoisotopic (exact) mass is 452 g/mol. The summed E-state index contributed by atoms with van der Waals surface area (Å²) in [4.78, 5) is 0. The fourth-order valence-electron chi connectivity index (χ4n) is 5.71. The number of aliphatic hydroxyl groups is 4. The topological polar surface area (TPSA) is 80.9 Å². The molecule has 0 heterocycles. The summed E-state index contributed by atoms with van der Waals surface area (Å²) in [5, 5.41) is 40.4. The molecule has 0 radical (unpaired) electrons. The zero-order chi connectivity index (χ0) is 23.8. The summed E-state index contributed by atoms with van der Waals surface area (Å²) in [6, 6.07) is 0. The van der Waals surface area contributed by atoms with Crippen LogP contribution in [0.25, 0.3) is 0 Å². The number of unbranched alkanes of at least 4 members (excludes halogenated alkanes) is 2. The first-order valence-electron chi connectivity index (χ1n) is 13.3. The van der Waals surface area contributed by atoms with Crippen LogP contribution in [0.2, 0.25) is 0 Å². The second kappa shape index (κ2) is 12.9. The Hall–Kier alpha value is -0.420. The van der Waals surface area contributed by atoms with Crippen LogP contribution in [-0.4, -0.2) is 45.8 Å². The van der Waals surface area contributed by atoms with Crippen LogP contribution in [0.1, 0.15) is 105 Å². The molecule has 4 N–H and O–H groups in total. The molecule has 2 rings (SSSR count). The number of hydrogen-bond acceptors (Lipinski definition) is 4. The van der Waals surface area contributed by atoms with Crippen LogP contribution in [0.3, 0.4) is 0 Å². The summed E-state index contributed by atoms with van der Waals surface area (Å²) >= 11 is 0. The zero-order valence-electron chi connectivity index (χ0n) is 21.3. The summed E-state index contributed by atoms with van der Waals surface area (Å²) in [7, 11) is 0. The fourth-order valence-corrected chi connectivity index (χ4v) is 5.71. The minimum atomic E-state index is -0.249. The van der Waals surface area contributed by atoms with Crippen molar-refractivity contribution in [3.8, 4) is 0 Å². The van der Waals surface area contributed by atoms with Crippen molar-refractivity contribution < 1.29 is 20.4 Å². The molecule has 2 fully saturated rings. The summed E-state index contributed by atoms with van der Waals surface area (Å²) in [5.41, 5.74) is 0.0190. The third-order valence-electron chi connectivity index (χ3n) is 8.40. The van der Waals surface area contributed by atoms with Gasteiger partial charge in [0.15, 0.2) is 0 Å². The van der Waals surface area contributed by atoms with E-state index in [0.29, 0.717) is 11.8 Å². The van der Waals surface area contributed by atoms with Crippen molar-refractivity contribution in [1.82, 2.24) is 0 Å². The zero-order valence-corrected chi connectivity index (χ0v) is 21.3. The van der Waals surface area contributed by atoms with Gasteiger partial charge in [0, 0.05) is 25.0 Å². The first-order valence-corrected chi connectivity index (χ1v) is 13.3. The van der Waals surface area contributed by atoms with Crippen LogP contribution in [0.5, 0.6) is 0 Å². The van der Waals surface area contributed by atoms with Gasteiger partial charge in [0.25, 0.3) is 0 Å². The molecule has 2 saturated carbocycles. The van der Waals surface area contributed by atoms with Gasteiger partial charge in [0.1, 0.15) is 0 Å². The van der Waals surface area contributed by atoms with Gasteiger partial charge in [-0.15, -0.1) is 0 Å². The van der Waals surface area contributed by atoms with Crippen molar-refractivity contribution in [2.24, 2.45) is 34.5 Å². The molecule has 4 heteroatoms. The van der Waals surface area contributed by atoms with Crippen LogP contribution < -0.4 is 0 Å². The molecule has 0 aromatic carbocycles. The van der Waals surface area contributed by atoms with Gasteiger partial charge in [0.05, 0.1) is 12.2 Å². The Labute approximate surface area is 197 Å². The molecule has 0 aromatic heterocycles. The quantitative estimate of drug-likeness (QED) is 0.208. The van der Waals surface area contributed by atoms with Crippen LogP contribution in [0.15, 0.2) is 12.2 Å². The van der Waals surface area contributed by atoms with E-state index in [1.54, 1.807) is 0 Å². The second-order valence-corrected chi connectivity index (χ2v) is 12.5. The van der Waals surface area contributed by atoms with Gasteiger partial charge in [-0.25, -0.2) is 0 Å². The smallest absolute Gasteiger partial charge is 0.0630 e. The minimum absolute atomic E-state index is 0.00948. The molecule has 2 aliphatic rings. The first kappa shape index (κ1) is 27.8. The molecule has 0 spiro atoms. The summed E-state index contributed by atoms with van der Waals surface area (Å²) in [6.45, 7) is 8.91. The van der Waals surface area contributed by atoms with Crippen LogP contribution in [-0.2, 0) is 0 Å². The second-order valence-electron chi connectivity index (χ2n) is 12.5. The van der Waals surface area contributed by atoms with Gasteiger partial charge in [-0.1, -0.05) is 65.5 Å². The van der Waals surface area contributed by atoms with Gasteiger partial charge in [0.2, 0.25) is 0 Å². The molecular formula is C28H52O4. The van der Waals surface area contributed by atoms with Gasteiger partial charge in [-0.3, -0.25) is 0 Å². The average molecular weight is 453 g/mol. The number of hydrogen-bond donors (Lipinski definition) is 4. The summed E-state index contributed by atoms with van der Waals surface area (Å²) in [6.07, 6.45) is 16.9. The minimum Gasteiger partial charge on any atom is -0.396 e. The maximum Gasteiger partial charge on any atom is 0.0630 e. The van der Waals surface area contributed by atoms with E-state index in [-0.39, 0.29) is 48.1 Å². The van der Waals surface area contributed by atoms with E-state index in [1.807, 2.05) is 0 Å². The van der Waals surface area contributed by atoms with E-state index < -0.39 is 0 Å². The standard InChI is InChI=1S/C28H52O4/c1-27(2,19-29)17-7-5-9-21-11-13-23(25(21)31)15-16-24-14-12-22(26(24)32)10-6-8-18-28(3,4)20-30/h15-16,21-26,29-32H,5-14,17-20H2,1-4H3/b16-15+. The fraction of sp³-hybridized carbons (Fsp3) is 0.929. The van der Waals surface area contributed by atoms with Gasteiger partial charge < -0.3 is 20.4 Å². The highest BCUT2D eigenvalue weighted by Crippen LogP contribution is 2.39. The van der Waals surface area contributed by atoms with Gasteiger partial charge in [-0.05, 0) is 74.0 Å². The van der Waals surface area contributed by atoms with Crippen molar-refractivity contribution in [2.45, 2.75) is 117 Å². The Morgan fingerprint density at radius 1 is 0.625 bits per heavy atom. The summed E-state index contributed by atoms with van der Waals surface area (Å²) < 4.78 is 0. The van der Waals surface area contributed by atoms with Crippen molar-refractivity contribution in [2.75, 3.05) is 13.2 Å². The van der Waals surface area contributed by atoms with Crippen LogP contribution in [0.4, 0.5) is 0 Å². The molecule has 0 amide bonds. The third-order valence-corrected chi connectivity index (χ3v) is 8.40. The van der Waals surface area contributed by atoms with Crippen LogP contribution >= 0.6 is 0 Å². The Morgan fingerprint density at radius 2 is 1.00 bits per heavy atom. The molecular weight excluding hydrogens is 400 g/mol.